The number of fused-ring (bicyclic) bond motifs is 1. The smallest absolute Gasteiger partial charge is 0.0703 e. The standard InChI is InChI=1S/C13H15N3/c1-2-11-10-12(3-4-13(11)15-5-1)16-8-6-14-7-9-16/h1-5,10,14H,6-9H2. The van der Waals surface area contributed by atoms with Gasteiger partial charge in [-0.05, 0) is 24.3 Å². The summed E-state index contributed by atoms with van der Waals surface area (Å²) in [6.07, 6.45) is 1.84. The molecular formula is C13H15N3. The normalized spacial score (nSPS) is 16.6. The molecule has 0 aliphatic carbocycles. The van der Waals surface area contributed by atoms with E-state index in [0.29, 0.717) is 0 Å². The molecule has 0 radical (unpaired) electrons. The van der Waals surface area contributed by atoms with E-state index in [4.69, 9.17) is 0 Å². The second-order valence-electron chi connectivity index (χ2n) is 4.12. The highest BCUT2D eigenvalue weighted by Crippen LogP contribution is 2.20. The molecule has 1 fully saturated rings. The molecule has 1 aliphatic rings. The van der Waals surface area contributed by atoms with Gasteiger partial charge in [0.15, 0.2) is 0 Å². The number of piperazine rings is 1. The Hall–Kier alpha value is -1.61. The van der Waals surface area contributed by atoms with Crippen LogP contribution in [-0.2, 0) is 0 Å². The first kappa shape index (κ1) is 9.60. The molecule has 0 atom stereocenters. The number of anilines is 1. The third kappa shape index (κ3) is 1.74. The molecule has 1 aliphatic heterocycles. The molecule has 3 nitrogen and oxygen atoms in total. The van der Waals surface area contributed by atoms with Crippen molar-refractivity contribution in [3.05, 3.63) is 36.5 Å². The van der Waals surface area contributed by atoms with E-state index in [0.717, 1.165) is 31.7 Å². The number of hydrogen-bond donors (Lipinski definition) is 1. The van der Waals surface area contributed by atoms with Crippen molar-refractivity contribution in [1.82, 2.24) is 10.3 Å². The minimum absolute atomic E-state index is 1.07. The molecule has 1 N–H and O–H groups in total. The van der Waals surface area contributed by atoms with Gasteiger partial charge in [-0.2, -0.15) is 0 Å². The van der Waals surface area contributed by atoms with Crippen LogP contribution in [0.15, 0.2) is 36.5 Å². The second kappa shape index (κ2) is 4.10. The Balaban J connectivity index is 1.97. The lowest BCUT2D eigenvalue weighted by Gasteiger charge is -2.29. The lowest BCUT2D eigenvalue weighted by Crippen LogP contribution is -2.43. The molecule has 3 heteroatoms. The molecule has 16 heavy (non-hydrogen) atoms. The van der Waals surface area contributed by atoms with E-state index in [2.05, 4.69) is 39.5 Å². The van der Waals surface area contributed by atoms with Gasteiger partial charge in [0.1, 0.15) is 0 Å². The van der Waals surface area contributed by atoms with Gasteiger partial charge in [-0.25, -0.2) is 0 Å². The summed E-state index contributed by atoms with van der Waals surface area (Å²) in [7, 11) is 0. The zero-order valence-electron chi connectivity index (χ0n) is 9.19. The molecule has 1 aromatic heterocycles. The van der Waals surface area contributed by atoms with E-state index >= 15 is 0 Å². The summed E-state index contributed by atoms with van der Waals surface area (Å²) in [5.41, 5.74) is 2.38. The highest BCUT2D eigenvalue weighted by molar-refractivity contribution is 5.82. The molecule has 3 rings (SSSR count). The van der Waals surface area contributed by atoms with Crippen LogP contribution in [0.25, 0.3) is 10.9 Å². The van der Waals surface area contributed by atoms with Crippen molar-refractivity contribution in [3.63, 3.8) is 0 Å². The third-order valence-corrected chi connectivity index (χ3v) is 3.07. The Bertz CT molecular complexity index is 489. The van der Waals surface area contributed by atoms with Gasteiger partial charge in [0, 0.05) is 43.4 Å². The molecule has 0 bridgehead atoms. The number of aromatic nitrogens is 1. The van der Waals surface area contributed by atoms with Crippen molar-refractivity contribution in [2.45, 2.75) is 0 Å². The third-order valence-electron chi connectivity index (χ3n) is 3.07. The molecule has 1 saturated heterocycles. The molecule has 0 saturated carbocycles. The monoisotopic (exact) mass is 213 g/mol. The van der Waals surface area contributed by atoms with E-state index in [1.807, 2.05) is 12.3 Å². The number of hydrogen-bond acceptors (Lipinski definition) is 3. The van der Waals surface area contributed by atoms with E-state index in [1.54, 1.807) is 0 Å². The number of nitrogens with zero attached hydrogens (tertiary/aromatic N) is 2. The predicted octanol–water partition coefficient (Wildman–Crippen LogP) is 1.64. The van der Waals surface area contributed by atoms with Crippen LogP contribution in [0.1, 0.15) is 0 Å². The maximum Gasteiger partial charge on any atom is 0.0703 e. The summed E-state index contributed by atoms with van der Waals surface area (Å²) in [6, 6.07) is 10.6. The summed E-state index contributed by atoms with van der Waals surface area (Å²) in [5.74, 6) is 0. The Morgan fingerprint density at radius 3 is 2.88 bits per heavy atom. The zero-order chi connectivity index (χ0) is 10.8. The van der Waals surface area contributed by atoms with Crippen molar-refractivity contribution in [2.24, 2.45) is 0 Å². The molecule has 0 amide bonds. The Morgan fingerprint density at radius 1 is 1.12 bits per heavy atom. The number of nitrogens with one attached hydrogen (secondary N) is 1. The van der Waals surface area contributed by atoms with Crippen molar-refractivity contribution in [3.8, 4) is 0 Å². The van der Waals surface area contributed by atoms with Crippen LogP contribution in [0.5, 0.6) is 0 Å². The van der Waals surface area contributed by atoms with Crippen LogP contribution in [0.2, 0.25) is 0 Å². The summed E-state index contributed by atoms with van der Waals surface area (Å²) in [4.78, 5) is 6.76. The Morgan fingerprint density at radius 2 is 2.00 bits per heavy atom. The van der Waals surface area contributed by atoms with Gasteiger partial charge in [-0.3, -0.25) is 4.98 Å². The maximum absolute atomic E-state index is 4.34. The van der Waals surface area contributed by atoms with Gasteiger partial charge in [0.05, 0.1) is 5.52 Å². The SMILES string of the molecule is c1cnc2ccc(N3CCNCC3)cc2c1. The van der Waals surface area contributed by atoms with Crippen LogP contribution in [0, 0.1) is 0 Å². The fraction of sp³-hybridized carbons (Fsp3) is 0.308. The fourth-order valence-electron chi connectivity index (χ4n) is 2.18. The Labute approximate surface area is 95.1 Å². The predicted molar refractivity (Wildman–Crippen MR) is 66.8 cm³/mol. The van der Waals surface area contributed by atoms with E-state index in [9.17, 15) is 0 Å². The quantitative estimate of drug-likeness (QED) is 0.780. The van der Waals surface area contributed by atoms with E-state index in [1.165, 1.54) is 11.1 Å². The van der Waals surface area contributed by atoms with Crippen LogP contribution in [-0.4, -0.2) is 31.2 Å². The van der Waals surface area contributed by atoms with Gasteiger partial charge < -0.3 is 10.2 Å². The van der Waals surface area contributed by atoms with Crippen LogP contribution in [0.4, 0.5) is 5.69 Å². The minimum atomic E-state index is 1.07. The van der Waals surface area contributed by atoms with Crippen molar-refractivity contribution >= 4 is 16.6 Å². The van der Waals surface area contributed by atoms with E-state index in [-0.39, 0.29) is 0 Å². The second-order valence-corrected chi connectivity index (χ2v) is 4.12. The molecule has 2 heterocycles. The van der Waals surface area contributed by atoms with Crippen LogP contribution < -0.4 is 10.2 Å². The van der Waals surface area contributed by atoms with Gasteiger partial charge in [0.2, 0.25) is 0 Å². The van der Waals surface area contributed by atoms with Gasteiger partial charge in [-0.15, -0.1) is 0 Å². The van der Waals surface area contributed by atoms with Gasteiger partial charge in [-0.1, -0.05) is 6.07 Å². The number of pyridine rings is 1. The highest BCUT2D eigenvalue weighted by Gasteiger charge is 2.10. The van der Waals surface area contributed by atoms with E-state index < -0.39 is 0 Å². The average molecular weight is 213 g/mol. The molecule has 2 aromatic rings. The molecule has 1 aromatic carbocycles. The summed E-state index contributed by atoms with van der Waals surface area (Å²) in [5, 5.41) is 4.59. The first-order chi connectivity index (χ1) is 7.93. The largest absolute Gasteiger partial charge is 0.369 e. The summed E-state index contributed by atoms with van der Waals surface area (Å²) < 4.78 is 0. The molecular weight excluding hydrogens is 198 g/mol. The summed E-state index contributed by atoms with van der Waals surface area (Å²) in [6.45, 7) is 4.33. The maximum atomic E-state index is 4.34. The highest BCUT2D eigenvalue weighted by atomic mass is 15.2. The van der Waals surface area contributed by atoms with Crippen molar-refractivity contribution in [2.75, 3.05) is 31.1 Å². The molecule has 0 unspecified atom stereocenters. The van der Waals surface area contributed by atoms with Crippen LogP contribution >= 0.6 is 0 Å². The number of benzene rings is 1. The van der Waals surface area contributed by atoms with Crippen molar-refractivity contribution < 1.29 is 0 Å². The first-order valence-corrected chi connectivity index (χ1v) is 5.74. The van der Waals surface area contributed by atoms with Gasteiger partial charge in [0.25, 0.3) is 0 Å². The lowest BCUT2D eigenvalue weighted by molar-refractivity contribution is 0.589. The first-order valence-electron chi connectivity index (χ1n) is 5.74. The minimum Gasteiger partial charge on any atom is -0.369 e. The number of rotatable bonds is 1. The molecule has 0 spiro atoms. The van der Waals surface area contributed by atoms with Crippen molar-refractivity contribution in [1.29, 1.82) is 0 Å². The fourth-order valence-corrected chi connectivity index (χ4v) is 2.18. The summed E-state index contributed by atoms with van der Waals surface area (Å²) >= 11 is 0. The molecule has 82 valence electrons. The topological polar surface area (TPSA) is 28.2 Å². The lowest BCUT2D eigenvalue weighted by atomic mass is 10.2. The average Bonchev–Trinajstić information content (AvgIpc) is 2.39. The zero-order valence-corrected chi connectivity index (χ0v) is 9.19. The van der Waals surface area contributed by atoms with Crippen LogP contribution in [0.3, 0.4) is 0 Å². The van der Waals surface area contributed by atoms with Gasteiger partial charge >= 0.3 is 0 Å². The Kier molecular flexibility index (Phi) is 2.46.